The monoisotopic (exact) mass is 314 g/mol. The third-order valence-electron chi connectivity index (χ3n) is 3.54. The average Bonchev–Trinajstić information content (AvgIpc) is 2.55. The zero-order valence-corrected chi connectivity index (χ0v) is 13.7. The Bertz CT molecular complexity index is 564. The lowest BCUT2D eigenvalue weighted by molar-refractivity contribution is -0.135. The van der Waals surface area contributed by atoms with E-state index in [1.165, 1.54) is 11.1 Å². The summed E-state index contributed by atoms with van der Waals surface area (Å²) in [6.07, 6.45) is 6.41. The first kappa shape index (κ1) is 18.9. The molecule has 1 heterocycles. The van der Waals surface area contributed by atoms with Crippen LogP contribution in [-0.2, 0) is 17.8 Å². The molecular weight excluding hydrogens is 288 g/mol. The first-order chi connectivity index (χ1) is 11.1. The van der Waals surface area contributed by atoms with Gasteiger partial charge < -0.3 is 15.7 Å². The van der Waals surface area contributed by atoms with E-state index in [0.29, 0.717) is 12.6 Å². The lowest BCUT2D eigenvalue weighted by atomic mass is 9.96. The highest BCUT2D eigenvalue weighted by Gasteiger charge is 2.16. The maximum Gasteiger partial charge on any atom is 0.317 e. The quantitative estimate of drug-likeness (QED) is 0.707. The van der Waals surface area contributed by atoms with Gasteiger partial charge in [0.05, 0.1) is 6.54 Å². The van der Waals surface area contributed by atoms with Gasteiger partial charge in [0, 0.05) is 19.1 Å². The highest BCUT2D eigenvalue weighted by Crippen LogP contribution is 2.15. The third kappa shape index (κ3) is 7.58. The molecule has 1 aliphatic heterocycles. The van der Waals surface area contributed by atoms with Crippen molar-refractivity contribution in [3.63, 3.8) is 0 Å². The number of benzene rings is 1. The van der Waals surface area contributed by atoms with E-state index in [2.05, 4.69) is 35.9 Å². The van der Waals surface area contributed by atoms with Crippen molar-refractivity contribution in [2.24, 2.45) is 0 Å². The zero-order chi connectivity index (χ0) is 17.1. The van der Waals surface area contributed by atoms with Crippen molar-refractivity contribution in [1.29, 1.82) is 0 Å². The molecule has 0 saturated carbocycles. The van der Waals surface area contributed by atoms with E-state index < -0.39 is 5.97 Å². The number of aliphatic carboxylic acids is 1. The first-order valence-corrected chi connectivity index (χ1v) is 7.71. The SMILES string of the molecule is C=C/C=C(/C)C=C.O=C(O)CNCC1Cc2ccccc2CN1. The molecule has 0 aromatic heterocycles. The molecule has 23 heavy (non-hydrogen) atoms. The number of carbonyl (C=O) groups is 1. The molecule has 1 unspecified atom stereocenters. The second kappa shape index (κ2) is 10.5. The Morgan fingerprint density at radius 2 is 2.09 bits per heavy atom. The largest absolute Gasteiger partial charge is 0.480 e. The molecule has 0 amide bonds. The van der Waals surface area contributed by atoms with Gasteiger partial charge in [0.25, 0.3) is 0 Å². The van der Waals surface area contributed by atoms with E-state index in [1.807, 2.05) is 25.1 Å². The summed E-state index contributed by atoms with van der Waals surface area (Å²) >= 11 is 0. The van der Waals surface area contributed by atoms with Crippen LogP contribution in [0.1, 0.15) is 18.1 Å². The number of fused-ring (bicyclic) bond motifs is 1. The summed E-state index contributed by atoms with van der Waals surface area (Å²) in [6, 6.07) is 8.69. The van der Waals surface area contributed by atoms with Crippen molar-refractivity contribution in [1.82, 2.24) is 10.6 Å². The number of nitrogens with one attached hydrogen (secondary N) is 2. The van der Waals surface area contributed by atoms with Crippen molar-refractivity contribution >= 4 is 5.97 Å². The van der Waals surface area contributed by atoms with Crippen LogP contribution in [0, 0.1) is 0 Å². The summed E-state index contributed by atoms with van der Waals surface area (Å²) < 4.78 is 0. The minimum atomic E-state index is -0.809. The zero-order valence-electron chi connectivity index (χ0n) is 13.7. The molecule has 1 aliphatic rings. The van der Waals surface area contributed by atoms with E-state index in [0.717, 1.165) is 18.5 Å². The maximum absolute atomic E-state index is 10.4. The Morgan fingerprint density at radius 3 is 2.65 bits per heavy atom. The lowest BCUT2D eigenvalue weighted by Crippen LogP contribution is -2.44. The van der Waals surface area contributed by atoms with Gasteiger partial charge in [-0.05, 0) is 24.5 Å². The fourth-order valence-corrected chi connectivity index (χ4v) is 2.27. The van der Waals surface area contributed by atoms with Crippen LogP contribution in [0.4, 0.5) is 0 Å². The summed E-state index contributed by atoms with van der Waals surface area (Å²) in [7, 11) is 0. The Balaban J connectivity index is 0.000000322. The molecule has 1 atom stereocenters. The van der Waals surface area contributed by atoms with Gasteiger partial charge in [-0.2, -0.15) is 0 Å². The normalized spacial score (nSPS) is 16.6. The number of allylic oxidation sites excluding steroid dienone is 4. The summed E-state index contributed by atoms with van der Waals surface area (Å²) in [4.78, 5) is 10.4. The van der Waals surface area contributed by atoms with Gasteiger partial charge in [0.2, 0.25) is 0 Å². The molecule has 1 aromatic carbocycles. The Morgan fingerprint density at radius 1 is 1.39 bits per heavy atom. The predicted octanol–water partition coefficient (Wildman–Crippen LogP) is 2.68. The summed E-state index contributed by atoms with van der Waals surface area (Å²) in [5.74, 6) is -0.809. The van der Waals surface area contributed by atoms with Crippen LogP contribution in [0.5, 0.6) is 0 Å². The van der Waals surface area contributed by atoms with E-state index in [9.17, 15) is 4.79 Å². The standard InChI is InChI=1S/C12H16N2O2.C7H10/c15-12(16)8-13-7-11-5-9-3-1-2-4-10(9)6-14-11;1-4-6-7(3)5-2/h1-4,11,13-14H,5-8H2,(H,15,16);4-6H,1-2H2,3H3/b;7-6-. The Labute approximate surface area is 138 Å². The van der Waals surface area contributed by atoms with Crippen LogP contribution in [0.2, 0.25) is 0 Å². The van der Waals surface area contributed by atoms with E-state index in [-0.39, 0.29) is 6.54 Å². The second-order valence-electron chi connectivity index (χ2n) is 5.43. The Hall–Kier alpha value is -2.17. The number of carboxylic acid groups (broad SMARTS) is 1. The highest BCUT2D eigenvalue weighted by molar-refractivity contribution is 5.68. The maximum atomic E-state index is 10.4. The van der Waals surface area contributed by atoms with E-state index in [1.54, 1.807) is 12.2 Å². The molecule has 0 saturated heterocycles. The van der Waals surface area contributed by atoms with Crippen LogP contribution >= 0.6 is 0 Å². The molecule has 4 nitrogen and oxygen atoms in total. The minimum absolute atomic E-state index is 0.0276. The highest BCUT2D eigenvalue weighted by atomic mass is 16.4. The number of hydrogen-bond acceptors (Lipinski definition) is 3. The minimum Gasteiger partial charge on any atom is -0.480 e. The van der Waals surface area contributed by atoms with Crippen molar-refractivity contribution < 1.29 is 9.90 Å². The van der Waals surface area contributed by atoms with Crippen LogP contribution < -0.4 is 10.6 Å². The second-order valence-corrected chi connectivity index (χ2v) is 5.43. The van der Waals surface area contributed by atoms with Gasteiger partial charge in [0.15, 0.2) is 0 Å². The molecule has 4 heteroatoms. The number of hydrogen-bond donors (Lipinski definition) is 3. The summed E-state index contributed by atoms with van der Waals surface area (Å²) in [6.45, 7) is 10.7. The van der Waals surface area contributed by atoms with Crippen molar-refractivity contribution in [3.8, 4) is 0 Å². The average molecular weight is 314 g/mol. The van der Waals surface area contributed by atoms with Gasteiger partial charge in [-0.1, -0.05) is 61.2 Å². The fourth-order valence-electron chi connectivity index (χ4n) is 2.27. The van der Waals surface area contributed by atoms with E-state index in [4.69, 9.17) is 5.11 Å². The molecule has 0 spiro atoms. The molecule has 0 radical (unpaired) electrons. The molecule has 2 rings (SSSR count). The Kier molecular flexibility index (Phi) is 8.65. The van der Waals surface area contributed by atoms with Crippen molar-refractivity contribution in [3.05, 3.63) is 72.4 Å². The number of carboxylic acids is 1. The molecule has 3 N–H and O–H groups in total. The van der Waals surface area contributed by atoms with E-state index >= 15 is 0 Å². The predicted molar refractivity (Wildman–Crippen MR) is 95.4 cm³/mol. The van der Waals surface area contributed by atoms with Crippen LogP contribution in [-0.4, -0.2) is 30.2 Å². The van der Waals surface area contributed by atoms with Gasteiger partial charge in [-0.15, -0.1) is 0 Å². The molecular formula is C19H26N2O2. The van der Waals surface area contributed by atoms with Crippen LogP contribution in [0.3, 0.4) is 0 Å². The molecule has 1 aromatic rings. The van der Waals surface area contributed by atoms with Crippen molar-refractivity contribution in [2.45, 2.75) is 25.9 Å². The van der Waals surface area contributed by atoms with Crippen LogP contribution in [0.25, 0.3) is 0 Å². The van der Waals surface area contributed by atoms with Gasteiger partial charge in [0.1, 0.15) is 0 Å². The summed E-state index contributed by atoms with van der Waals surface area (Å²) in [5.41, 5.74) is 3.86. The fraction of sp³-hybridized carbons (Fsp3) is 0.316. The third-order valence-corrected chi connectivity index (χ3v) is 3.54. The smallest absolute Gasteiger partial charge is 0.317 e. The van der Waals surface area contributed by atoms with Crippen molar-refractivity contribution in [2.75, 3.05) is 13.1 Å². The van der Waals surface area contributed by atoms with Gasteiger partial charge in [-0.3, -0.25) is 4.79 Å². The number of rotatable bonds is 6. The summed E-state index contributed by atoms with van der Waals surface area (Å²) in [5, 5.41) is 14.8. The molecule has 0 aliphatic carbocycles. The molecule has 124 valence electrons. The van der Waals surface area contributed by atoms with Crippen LogP contribution in [0.15, 0.2) is 61.2 Å². The topological polar surface area (TPSA) is 61.4 Å². The molecule has 0 bridgehead atoms. The van der Waals surface area contributed by atoms with Gasteiger partial charge in [-0.25, -0.2) is 0 Å². The lowest BCUT2D eigenvalue weighted by Gasteiger charge is -2.26. The van der Waals surface area contributed by atoms with Gasteiger partial charge >= 0.3 is 5.97 Å². The first-order valence-electron chi connectivity index (χ1n) is 7.71. The molecule has 0 fully saturated rings.